The van der Waals surface area contributed by atoms with E-state index in [1.807, 2.05) is 30.5 Å². The second kappa shape index (κ2) is 10.4. The molecule has 3 aromatic rings. The summed E-state index contributed by atoms with van der Waals surface area (Å²) < 4.78 is 5.11. The van der Waals surface area contributed by atoms with E-state index in [-0.39, 0.29) is 23.5 Å². The number of rotatable bonds is 7. The van der Waals surface area contributed by atoms with Crippen LogP contribution in [0.2, 0.25) is 0 Å². The summed E-state index contributed by atoms with van der Waals surface area (Å²) in [6.07, 6.45) is 0.413. The zero-order chi connectivity index (χ0) is 23.3. The molecule has 2 atom stereocenters. The summed E-state index contributed by atoms with van der Waals surface area (Å²) in [4.78, 5) is 14.6. The number of carbonyl (C=O) groups is 1. The van der Waals surface area contributed by atoms with Gasteiger partial charge in [-0.05, 0) is 37.0 Å². The molecule has 2 N–H and O–H groups in total. The first-order valence-electron chi connectivity index (χ1n) is 11.6. The van der Waals surface area contributed by atoms with Gasteiger partial charge in [-0.25, -0.2) is 4.79 Å². The summed E-state index contributed by atoms with van der Waals surface area (Å²) in [6.45, 7) is 4.80. The molecule has 33 heavy (non-hydrogen) atoms. The quantitative estimate of drug-likeness (QED) is 0.462. The van der Waals surface area contributed by atoms with Crippen LogP contribution in [0, 0.1) is 0 Å². The van der Waals surface area contributed by atoms with Crippen molar-refractivity contribution < 1.29 is 9.53 Å². The standard InChI is InChI=1S/C28H32N2O2S/c1-21(2)32-27(31)30-20-26(18-25(30)19-29)33-28(22-12-6-3-7-13-22,23-14-8-4-9-15-23)24-16-10-5-11-17-24/h3-17,21,25-26H,18-20,29H2,1-2H3/t25-,26+/m0/s1. The molecule has 1 fully saturated rings. The van der Waals surface area contributed by atoms with Crippen molar-refractivity contribution in [1.29, 1.82) is 0 Å². The summed E-state index contributed by atoms with van der Waals surface area (Å²) in [5, 5.41) is 0.207. The lowest BCUT2D eigenvalue weighted by Crippen LogP contribution is -2.41. The fraction of sp³-hybridized carbons (Fsp3) is 0.321. The Bertz CT molecular complexity index is 931. The summed E-state index contributed by atoms with van der Waals surface area (Å²) in [6, 6.07) is 31.9. The van der Waals surface area contributed by atoms with Gasteiger partial charge in [0.25, 0.3) is 0 Å². The molecule has 1 aliphatic rings. The van der Waals surface area contributed by atoms with Crippen molar-refractivity contribution >= 4 is 17.9 Å². The molecule has 1 aliphatic heterocycles. The number of ether oxygens (including phenoxy) is 1. The molecular formula is C28H32N2O2S. The van der Waals surface area contributed by atoms with Gasteiger partial charge in [0.15, 0.2) is 0 Å². The molecule has 1 amide bonds. The van der Waals surface area contributed by atoms with E-state index in [9.17, 15) is 4.79 Å². The number of nitrogens with two attached hydrogens (primary N) is 1. The van der Waals surface area contributed by atoms with Crippen LogP contribution in [0.4, 0.5) is 4.79 Å². The highest BCUT2D eigenvalue weighted by Gasteiger charge is 2.44. The Morgan fingerprint density at radius 2 is 1.39 bits per heavy atom. The summed E-state index contributed by atoms with van der Waals surface area (Å²) >= 11 is 1.91. The second-order valence-electron chi connectivity index (χ2n) is 8.73. The molecule has 4 nitrogen and oxygen atoms in total. The first-order valence-corrected chi connectivity index (χ1v) is 12.4. The van der Waals surface area contributed by atoms with E-state index in [4.69, 9.17) is 10.5 Å². The molecule has 0 aliphatic carbocycles. The molecule has 1 heterocycles. The SMILES string of the molecule is CC(C)OC(=O)N1C[C@H](SC(c2ccccc2)(c2ccccc2)c2ccccc2)C[C@H]1CN. The Morgan fingerprint density at radius 3 is 1.79 bits per heavy atom. The Kier molecular flexibility index (Phi) is 7.41. The predicted molar refractivity (Wildman–Crippen MR) is 136 cm³/mol. The Balaban J connectivity index is 1.77. The monoisotopic (exact) mass is 460 g/mol. The number of thioether (sulfide) groups is 1. The van der Waals surface area contributed by atoms with Crippen LogP contribution < -0.4 is 5.73 Å². The van der Waals surface area contributed by atoms with E-state index >= 15 is 0 Å². The third-order valence-corrected chi connectivity index (χ3v) is 7.84. The third-order valence-electron chi connectivity index (χ3n) is 6.10. The maximum Gasteiger partial charge on any atom is 0.410 e. The molecule has 0 spiro atoms. The van der Waals surface area contributed by atoms with Gasteiger partial charge >= 0.3 is 6.09 Å². The topological polar surface area (TPSA) is 55.6 Å². The van der Waals surface area contributed by atoms with Crippen molar-refractivity contribution in [3.05, 3.63) is 108 Å². The van der Waals surface area contributed by atoms with Gasteiger partial charge in [-0.15, -0.1) is 11.8 Å². The summed E-state index contributed by atoms with van der Waals surface area (Å²) in [7, 11) is 0. The maximum absolute atomic E-state index is 12.8. The molecule has 4 rings (SSSR count). The molecule has 172 valence electrons. The van der Waals surface area contributed by atoms with Crippen molar-refractivity contribution in [2.45, 2.75) is 42.4 Å². The minimum atomic E-state index is -0.411. The first kappa shape index (κ1) is 23.4. The van der Waals surface area contributed by atoms with Gasteiger partial charge in [-0.2, -0.15) is 0 Å². The van der Waals surface area contributed by atoms with Crippen molar-refractivity contribution in [3.8, 4) is 0 Å². The minimum absolute atomic E-state index is 0.0197. The summed E-state index contributed by atoms with van der Waals surface area (Å²) in [5.74, 6) is 0. The van der Waals surface area contributed by atoms with Gasteiger partial charge in [0, 0.05) is 24.4 Å². The molecule has 0 saturated carbocycles. The van der Waals surface area contributed by atoms with Crippen LogP contribution in [0.25, 0.3) is 0 Å². The number of amides is 1. The fourth-order valence-electron chi connectivity index (χ4n) is 4.65. The van der Waals surface area contributed by atoms with Crippen LogP contribution >= 0.6 is 11.8 Å². The van der Waals surface area contributed by atoms with Gasteiger partial charge in [-0.1, -0.05) is 91.0 Å². The smallest absolute Gasteiger partial charge is 0.410 e. The van der Waals surface area contributed by atoms with Gasteiger partial charge in [0.1, 0.15) is 0 Å². The molecule has 5 heteroatoms. The van der Waals surface area contributed by atoms with Gasteiger partial charge in [0.2, 0.25) is 0 Å². The number of benzene rings is 3. The molecule has 1 saturated heterocycles. The Hall–Kier alpha value is -2.76. The van der Waals surface area contributed by atoms with E-state index in [1.165, 1.54) is 16.7 Å². The number of hydrogen-bond acceptors (Lipinski definition) is 4. The van der Waals surface area contributed by atoms with E-state index in [1.54, 1.807) is 0 Å². The van der Waals surface area contributed by atoms with Crippen molar-refractivity contribution in [2.24, 2.45) is 5.73 Å². The van der Waals surface area contributed by atoms with Crippen molar-refractivity contribution in [3.63, 3.8) is 0 Å². The largest absolute Gasteiger partial charge is 0.447 e. The van der Waals surface area contributed by atoms with Gasteiger partial charge in [-0.3, -0.25) is 0 Å². The average Bonchev–Trinajstić information content (AvgIpc) is 3.27. The lowest BCUT2D eigenvalue weighted by Gasteiger charge is -2.37. The zero-order valence-corrected chi connectivity index (χ0v) is 20.1. The molecule has 0 aromatic heterocycles. The van der Waals surface area contributed by atoms with Gasteiger partial charge in [0.05, 0.1) is 10.9 Å². The molecule has 0 unspecified atom stereocenters. The molecular weight excluding hydrogens is 428 g/mol. The van der Waals surface area contributed by atoms with E-state index in [2.05, 4.69) is 91.0 Å². The molecule has 0 radical (unpaired) electrons. The third kappa shape index (κ3) is 4.94. The summed E-state index contributed by atoms with van der Waals surface area (Å²) in [5.41, 5.74) is 9.76. The first-order chi connectivity index (χ1) is 16.0. The van der Waals surface area contributed by atoms with Crippen molar-refractivity contribution in [2.75, 3.05) is 13.1 Å². The van der Waals surface area contributed by atoms with Crippen LogP contribution in [0.15, 0.2) is 91.0 Å². The Labute approximate surface area is 201 Å². The second-order valence-corrected chi connectivity index (χ2v) is 10.2. The van der Waals surface area contributed by atoms with Crippen LogP contribution in [0.1, 0.15) is 37.0 Å². The van der Waals surface area contributed by atoms with Crippen LogP contribution in [-0.2, 0) is 9.48 Å². The van der Waals surface area contributed by atoms with Crippen molar-refractivity contribution in [1.82, 2.24) is 4.90 Å². The average molecular weight is 461 g/mol. The number of nitrogens with zero attached hydrogens (tertiary/aromatic N) is 1. The van der Waals surface area contributed by atoms with Gasteiger partial charge < -0.3 is 15.4 Å². The zero-order valence-electron chi connectivity index (χ0n) is 19.3. The minimum Gasteiger partial charge on any atom is -0.447 e. The maximum atomic E-state index is 12.8. The number of hydrogen-bond donors (Lipinski definition) is 1. The highest BCUT2D eigenvalue weighted by atomic mass is 32.2. The number of carbonyl (C=O) groups excluding carboxylic acids is 1. The lowest BCUT2D eigenvalue weighted by molar-refractivity contribution is 0.0742. The van der Waals surface area contributed by atoms with E-state index < -0.39 is 4.75 Å². The van der Waals surface area contributed by atoms with Crippen LogP contribution in [0.3, 0.4) is 0 Å². The van der Waals surface area contributed by atoms with Crippen LogP contribution in [0.5, 0.6) is 0 Å². The Morgan fingerprint density at radius 1 is 0.939 bits per heavy atom. The molecule has 0 bridgehead atoms. The lowest BCUT2D eigenvalue weighted by atomic mass is 9.84. The van der Waals surface area contributed by atoms with Crippen LogP contribution in [-0.4, -0.2) is 41.5 Å². The number of likely N-dealkylation sites (tertiary alicyclic amines) is 1. The molecule has 3 aromatic carbocycles. The normalized spacial score (nSPS) is 18.5. The highest BCUT2D eigenvalue weighted by Crippen LogP contribution is 2.52. The highest BCUT2D eigenvalue weighted by molar-refractivity contribution is 8.01. The predicted octanol–water partition coefficient (Wildman–Crippen LogP) is 5.66. The van der Waals surface area contributed by atoms with E-state index in [0.717, 1.165) is 6.42 Å². The fourth-order valence-corrected chi connectivity index (χ4v) is 6.52. The van der Waals surface area contributed by atoms with E-state index in [0.29, 0.717) is 13.1 Å².